The number of hydrogen-bond acceptors (Lipinski definition) is 7. The highest BCUT2D eigenvalue weighted by Gasteiger charge is 2.39. The molecule has 0 radical (unpaired) electrons. The third-order valence-electron chi connectivity index (χ3n) is 8.45. The molecule has 4 rings (SSSR count). The van der Waals surface area contributed by atoms with E-state index in [0.717, 1.165) is 65.6 Å². The first-order chi connectivity index (χ1) is 21.1. The highest BCUT2D eigenvalue weighted by Crippen LogP contribution is 2.28. The maximum absolute atomic E-state index is 13.7. The molecule has 1 aliphatic heterocycles. The number of likely N-dealkylation sites (N-methyl/N-ethyl adjacent to an activating group) is 1. The van der Waals surface area contributed by atoms with Crippen molar-refractivity contribution in [2.24, 2.45) is 5.92 Å². The van der Waals surface area contributed by atoms with Gasteiger partial charge in [0.2, 0.25) is 5.91 Å². The SMILES string of the molecule is C=C(/C=C(\C=C/C)C1CCCN1C(=O)C(O)C(CCC)C(=O)NCc1nc(Cn2c(C)nc3c2CCCC=C3)cs1)N(C)C. The van der Waals surface area contributed by atoms with Crippen molar-refractivity contribution in [2.45, 2.75) is 91.0 Å². The van der Waals surface area contributed by atoms with Crippen molar-refractivity contribution in [3.8, 4) is 0 Å². The molecule has 2 N–H and O–H groups in total. The lowest BCUT2D eigenvalue weighted by molar-refractivity contribution is -0.148. The van der Waals surface area contributed by atoms with Gasteiger partial charge in [0.15, 0.2) is 0 Å². The minimum Gasteiger partial charge on any atom is -0.382 e. The van der Waals surface area contributed by atoms with Crippen molar-refractivity contribution in [2.75, 3.05) is 20.6 Å². The van der Waals surface area contributed by atoms with Crippen molar-refractivity contribution in [3.05, 3.63) is 75.4 Å². The third-order valence-corrected chi connectivity index (χ3v) is 9.34. The van der Waals surface area contributed by atoms with E-state index in [2.05, 4.69) is 28.6 Å². The molecule has 3 atom stereocenters. The van der Waals surface area contributed by atoms with Gasteiger partial charge in [-0.1, -0.05) is 38.2 Å². The second-order valence-corrected chi connectivity index (χ2v) is 12.8. The maximum Gasteiger partial charge on any atom is 0.252 e. The molecule has 1 fully saturated rings. The Kier molecular flexibility index (Phi) is 11.7. The molecular formula is C34H48N6O3S. The topological polar surface area (TPSA) is 104 Å². The molecule has 10 heteroatoms. The smallest absolute Gasteiger partial charge is 0.252 e. The fourth-order valence-electron chi connectivity index (χ4n) is 6.01. The van der Waals surface area contributed by atoms with Crippen LogP contribution in [0.25, 0.3) is 6.08 Å². The van der Waals surface area contributed by atoms with Crippen LogP contribution >= 0.6 is 11.3 Å². The molecule has 2 amide bonds. The van der Waals surface area contributed by atoms with Gasteiger partial charge in [0, 0.05) is 37.4 Å². The van der Waals surface area contributed by atoms with Gasteiger partial charge >= 0.3 is 0 Å². The molecule has 0 bridgehead atoms. The van der Waals surface area contributed by atoms with Gasteiger partial charge in [0.05, 0.1) is 36.4 Å². The van der Waals surface area contributed by atoms with Gasteiger partial charge in [0.1, 0.15) is 16.9 Å². The van der Waals surface area contributed by atoms with Crippen LogP contribution in [0.1, 0.15) is 80.3 Å². The molecule has 3 unspecified atom stereocenters. The van der Waals surface area contributed by atoms with Crippen LogP contribution in [0, 0.1) is 12.8 Å². The Morgan fingerprint density at radius 2 is 2.09 bits per heavy atom. The standard InChI is InChI=1S/C34H48N6O3S/c1-7-13-25(19-23(3)38(5)6)29-17-12-18-39(29)34(43)32(41)27(14-8-2)33(42)35-20-31-37-26(22-44-31)21-40-24(4)36-28-15-10-9-11-16-30(28)40/h7,10,13,15,19,22,27,29,32,41H,3,8-9,11-12,14,16-18,20-21H2,1-2,4-6H3,(H,35,42)/b13-7-,25-19+. The molecule has 2 aromatic rings. The van der Waals surface area contributed by atoms with Crippen LogP contribution in [0.5, 0.6) is 0 Å². The molecule has 2 aliphatic rings. The van der Waals surface area contributed by atoms with Crippen molar-refractivity contribution in [3.63, 3.8) is 0 Å². The Morgan fingerprint density at radius 1 is 1.30 bits per heavy atom. The van der Waals surface area contributed by atoms with E-state index >= 15 is 0 Å². The number of carbonyl (C=O) groups is 2. The molecule has 2 aromatic heterocycles. The number of amides is 2. The van der Waals surface area contributed by atoms with Crippen molar-refractivity contribution in [1.82, 2.24) is 29.7 Å². The number of aryl methyl sites for hydroxylation is 1. The summed E-state index contributed by atoms with van der Waals surface area (Å²) in [6, 6.07) is -0.172. The van der Waals surface area contributed by atoms with Crippen LogP contribution in [0.15, 0.2) is 47.5 Å². The predicted molar refractivity (Wildman–Crippen MR) is 177 cm³/mol. The number of imidazole rings is 1. The van der Waals surface area contributed by atoms with E-state index in [9.17, 15) is 14.7 Å². The Labute approximate surface area is 266 Å². The first-order valence-electron chi connectivity index (χ1n) is 15.8. The minimum atomic E-state index is -1.42. The van der Waals surface area contributed by atoms with Crippen LogP contribution in [-0.4, -0.2) is 74.0 Å². The van der Waals surface area contributed by atoms with Crippen molar-refractivity contribution < 1.29 is 14.7 Å². The number of thiazole rings is 1. The summed E-state index contributed by atoms with van der Waals surface area (Å²) in [4.78, 5) is 40.2. The van der Waals surface area contributed by atoms with Gasteiger partial charge in [-0.05, 0) is 70.1 Å². The lowest BCUT2D eigenvalue weighted by Gasteiger charge is -2.31. The Balaban J connectivity index is 1.41. The minimum absolute atomic E-state index is 0.172. The molecule has 0 spiro atoms. The number of aromatic nitrogens is 3. The first-order valence-corrected chi connectivity index (χ1v) is 16.6. The fourth-order valence-corrected chi connectivity index (χ4v) is 6.74. The number of aliphatic hydroxyl groups is 1. The number of fused-ring (bicyclic) bond motifs is 1. The summed E-state index contributed by atoms with van der Waals surface area (Å²) in [5, 5.41) is 17.1. The van der Waals surface area contributed by atoms with Gasteiger partial charge in [-0.25, -0.2) is 9.97 Å². The molecule has 0 aromatic carbocycles. The van der Waals surface area contributed by atoms with Crippen LogP contribution < -0.4 is 5.32 Å². The zero-order chi connectivity index (χ0) is 31.8. The normalized spacial score (nSPS) is 18.3. The van der Waals surface area contributed by atoms with Crippen molar-refractivity contribution >= 4 is 29.2 Å². The number of aliphatic hydroxyl groups excluding tert-OH is 1. The molecule has 238 valence electrons. The van der Waals surface area contributed by atoms with Crippen LogP contribution in [-0.2, 0) is 29.1 Å². The molecule has 3 heterocycles. The average Bonchev–Trinajstić information content (AvgIpc) is 3.69. The fraction of sp³-hybridized carbons (Fsp3) is 0.529. The summed E-state index contributed by atoms with van der Waals surface area (Å²) in [6.07, 6.45) is 14.7. The van der Waals surface area contributed by atoms with E-state index in [1.165, 1.54) is 17.0 Å². The number of allylic oxidation sites excluding steroid dienone is 3. The maximum atomic E-state index is 13.7. The first kappa shape index (κ1) is 33.4. The summed E-state index contributed by atoms with van der Waals surface area (Å²) in [5.74, 6) is -0.584. The number of nitrogens with one attached hydrogen (secondary N) is 1. The number of rotatable bonds is 13. The average molecular weight is 621 g/mol. The van der Waals surface area contributed by atoms with Gasteiger partial charge < -0.3 is 24.8 Å². The Bertz CT molecular complexity index is 1420. The zero-order valence-electron chi connectivity index (χ0n) is 26.9. The van der Waals surface area contributed by atoms with E-state index in [-0.39, 0.29) is 18.5 Å². The summed E-state index contributed by atoms with van der Waals surface area (Å²) in [6.45, 7) is 11.5. The van der Waals surface area contributed by atoms with Gasteiger partial charge in [-0.2, -0.15) is 0 Å². The Hall–Kier alpha value is -3.50. The third kappa shape index (κ3) is 7.95. The van der Waals surface area contributed by atoms with Crippen LogP contribution in [0.3, 0.4) is 0 Å². The summed E-state index contributed by atoms with van der Waals surface area (Å²) < 4.78 is 2.24. The zero-order valence-corrected chi connectivity index (χ0v) is 27.7. The largest absolute Gasteiger partial charge is 0.382 e. The Morgan fingerprint density at radius 3 is 2.82 bits per heavy atom. The number of carbonyl (C=O) groups excluding carboxylic acids is 2. The van der Waals surface area contributed by atoms with Gasteiger partial charge in [-0.15, -0.1) is 11.3 Å². The van der Waals surface area contributed by atoms with Crippen molar-refractivity contribution in [1.29, 1.82) is 0 Å². The summed E-state index contributed by atoms with van der Waals surface area (Å²) in [7, 11) is 3.86. The number of likely N-dealkylation sites (tertiary alicyclic amines) is 1. The monoisotopic (exact) mass is 620 g/mol. The van der Waals surface area contributed by atoms with Crippen LogP contribution in [0.2, 0.25) is 0 Å². The number of hydrogen-bond donors (Lipinski definition) is 2. The highest BCUT2D eigenvalue weighted by atomic mass is 32.1. The van der Waals surface area contributed by atoms with E-state index < -0.39 is 17.9 Å². The van der Waals surface area contributed by atoms with Gasteiger partial charge in [0.25, 0.3) is 5.91 Å². The molecule has 1 aliphatic carbocycles. The van der Waals surface area contributed by atoms with Gasteiger partial charge in [-0.3, -0.25) is 9.59 Å². The molecule has 9 nitrogen and oxygen atoms in total. The lowest BCUT2D eigenvalue weighted by Crippen LogP contribution is -2.49. The lowest BCUT2D eigenvalue weighted by atomic mass is 9.94. The van der Waals surface area contributed by atoms with E-state index in [1.54, 1.807) is 4.90 Å². The molecule has 1 saturated heterocycles. The molecular weight excluding hydrogens is 572 g/mol. The second kappa shape index (κ2) is 15.5. The summed E-state index contributed by atoms with van der Waals surface area (Å²) in [5.41, 5.74) is 5.03. The van der Waals surface area contributed by atoms with E-state index in [4.69, 9.17) is 9.97 Å². The highest BCUT2D eigenvalue weighted by molar-refractivity contribution is 7.09. The molecule has 0 saturated carbocycles. The van der Waals surface area contributed by atoms with Crippen LogP contribution in [0.4, 0.5) is 0 Å². The molecule has 44 heavy (non-hydrogen) atoms. The quantitative estimate of drug-likeness (QED) is 0.305. The second-order valence-electron chi connectivity index (χ2n) is 11.9. The van der Waals surface area contributed by atoms with E-state index in [0.29, 0.717) is 25.9 Å². The summed E-state index contributed by atoms with van der Waals surface area (Å²) >= 11 is 1.50. The number of nitrogens with zero attached hydrogens (tertiary/aromatic N) is 5. The predicted octanol–water partition coefficient (Wildman–Crippen LogP) is 5.01. The van der Waals surface area contributed by atoms with E-state index in [1.807, 2.05) is 63.4 Å².